The molecule has 0 bridgehead atoms. The molecule has 2 rings (SSSR count). The molecule has 0 heterocycles. The van der Waals surface area contributed by atoms with E-state index in [-0.39, 0.29) is 17.7 Å². The zero-order chi connectivity index (χ0) is 17.6. The molecule has 4 heteroatoms. The molecule has 0 fully saturated rings. The first-order valence-corrected chi connectivity index (χ1v) is 7.64. The number of oxime groups is 1. The summed E-state index contributed by atoms with van der Waals surface area (Å²) in [5, 5.41) is 20.6. The minimum Gasteiger partial charge on any atom is -0.389 e. The summed E-state index contributed by atoms with van der Waals surface area (Å²) in [7, 11) is 0. The van der Waals surface area contributed by atoms with Crippen molar-refractivity contribution in [1.29, 1.82) is 10.5 Å². The summed E-state index contributed by atoms with van der Waals surface area (Å²) in [5.74, 6) is 0. The number of rotatable bonds is 4. The molecule has 0 saturated carbocycles. The second-order valence-electron chi connectivity index (χ2n) is 6.46. The van der Waals surface area contributed by atoms with Gasteiger partial charge in [-0.3, -0.25) is 0 Å². The monoisotopic (exact) mass is 317 g/mol. The van der Waals surface area contributed by atoms with Gasteiger partial charge in [-0.25, -0.2) is 0 Å². The zero-order valence-electron chi connectivity index (χ0n) is 14.1. The average Bonchev–Trinajstić information content (AvgIpc) is 2.59. The van der Waals surface area contributed by atoms with Crippen molar-refractivity contribution in [2.24, 2.45) is 5.16 Å². The topological polar surface area (TPSA) is 69.2 Å². The van der Waals surface area contributed by atoms with E-state index in [0.717, 1.165) is 16.7 Å². The number of benzene rings is 2. The standard InChI is InChI=1S/C20H19N3O/c1-20(2,3)18-10-8-17(9-11-18)16-6-4-15(5-7-16)14-24-23-19(12-21)13-22/h4-11H,14H2,1-3H3. The molecule has 2 aromatic carbocycles. The SMILES string of the molecule is CC(C)(C)c1ccc(-c2ccc(CON=C(C#N)C#N)cc2)cc1. The quantitative estimate of drug-likeness (QED) is 0.612. The number of hydrogen-bond donors (Lipinski definition) is 0. The Morgan fingerprint density at radius 2 is 1.42 bits per heavy atom. The number of hydrogen-bond acceptors (Lipinski definition) is 4. The van der Waals surface area contributed by atoms with E-state index in [0.29, 0.717) is 0 Å². The first kappa shape index (κ1) is 17.2. The molecule has 0 aliphatic carbocycles. The maximum Gasteiger partial charge on any atom is 0.256 e. The molecule has 4 nitrogen and oxygen atoms in total. The van der Waals surface area contributed by atoms with Crippen LogP contribution in [0.25, 0.3) is 11.1 Å². The second kappa shape index (κ2) is 7.44. The lowest BCUT2D eigenvalue weighted by Gasteiger charge is -2.19. The van der Waals surface area contributed by atoms with Gasteiger partial charge < -0.3 is 4.84 Å². The highest BCUT2D eigenvalue weighted by Gasteiger charge is 2.12. The van der Waals surface area contributed by atoms with E-state index in [1.165, 1.54) is 5.56 Å². The fourth-order valence-corrected chi connectivity index (χ4v) is 2.19. The van der Waals surface area contributed by atoms with Crippen LogP contribution in [0.2, 0.25) is 0 Å². The van der Waals surface area contributed by atoms with Crippen molar-refractivity contribution in [1.82, 2.24) is 0 Å². The van der Waals surface area contributed by atoms with Crippen LogP contribution in [0.15, 0.2) is 53.7 Å². The van der Waals surface area contributed by atoms with Crippen LogP contribution in [-0.2, 0) is 16.9 Å². The van der Waals surface area contributed by atoms with Crippen molar-refractivity contribution < 1.29 is 4.84 Å². The Bertz CT molecular complexity index is 782. The molecule has 0 radical (unpaired) electrons. The van der Waals surface area contributed by atoms with Crippen LogP contribution in [0.3, 0.4) is 0 Å². The Balaban J connectivity index is 2.06. The summed E-state index contributed by atoms with van der Waals surface area (Å²) in [6.45, 7) is 6.81. The highest BCUT2D eigenvalue weighted by atomic mass is 16.6. The van der Waals surface area contributed by atoms with E-state index >= 15 is 0 Å². The van der Waals surface area contributed by atoms with Crippen molar-refractivity contribution in [2.75, 3.05) is 0 Å². The van der Waals surface area contributed by atoms with Gasteiger partial charge in [-0.1, -0.05) is 74.5 Å². The van der Waals surface area contributed by atoms with Crippen LogP contribution >= 0.6 is 0 Å². The van der Waals surface area contributed by atoms with Crippen molar-refractivity contribution >= 4 is 5.71 Å². The lowest BCUT2D eigenvalue weighted by atomic mass is 9.86. The van der Waals surface area contributed by atoms with Gasteiger partial charge in [-0.15, -0.1) is 0 Å². The van der Waals surface area contributed by atoms with Crippen LogP contribution in [0, 0.1) is 22.7 Å². The molecular formula is C20H19N3O. The summed E-state index contributed by atoms with van der Waals surface area (Å²) in [6.07, 6.45) is 0. The number of nitrogens with zero attached hydrogens (tertiary/aromatic N) is 3. The summed E-state index contributed by atoms with van der Waals surface area (Å²) in [4.78, 5) is 5.01. The van der Waals surface area contributed by atoms with Crippen molar-refractivity contribution in [3.05, 3.63) is 59.7 Å². The van der Waals surface area contributed by atoms with E-state index in [2.05, 4.69) is 50.2 Å². The molecule has 0 amide bonds. The van der Waals surface area contributed by atoms with Crippen LogP contribution in [-0.4, -0.2) is 5.71 Å². The molecule has 0 aliphatic rings. The normalized spacial score (nSPS) is 10.4. The van der Waals surface area contributed by atoms with E-state index in [4.69, 9.17) is 15.4 Å². The van der Waals surface area contributed by atoms with Crippen molar-refractivity contribution in [3.8, 4) is 23.3 Å². The lowest BCUT2D eigenvalue weighted by molar-refractivity contribution is 0.131. The molecule has 2 aromatic rings. The summed E-state index contributed by atoms with van der Waals surface area (Å²) in [6, 6.07) is 19.8. The predicted molar refractivity (Wildman–Crippen MR) is 94.0 cm³/mol. The average molecular weight is 317 g/mol. The third-order valence-corrected chi connectivity index (χ3v) is 3.64. The Morgan fingerprint density at radius 1 is 0.917 bits per heavy atom. The predicted octanol–water partition coefficient (Wildman–Crippen LogP) is 4.57. The van der Waals surface area contributed by atoms with Gasteiger partial charge in [-0.05, 0) is 27.7 Å². The van der Waals surface area contributed by atoms with E-state index < -0.39 is 0 Å². The third kappa shape index (κ3) is 4.44. The fourth-order valence-electron chi connectivity index (χ4n) is 2.19. The summed E-state index contributed by atoms with van der Waals surface area (Å²) >= 11 is 0. The molecule has 0 N–H and O–H groups in total. The van der Waals surface area contributed by atoms with Gasteiger partial charge in [-0.2, -0.15) is 10.5 Å². The second-order valence-corrected chi connectivity index (χ2v) is 6.46. The van der Waals surface area contributed by atoms with Crippen LogP contribution in [0.4, 0.5) is 0 Å². The van der Waals surface area contributed by atoms with E-state index in [1.807, 2.05) is 24.3 Å². The minimum absolute atomic E-state index is 0.145. The number of nitriles is 2. The van der Waals surface area contributed by atoms with E-state index in [9.17, 15) is 0 Å². The molecule has 24 heavy (non-hydrogen) atoms. The van der Waals surface area contributed by atoms with E-state index in [1.54, 1.807) is 12.1 Å². The maximum atomic E-state index is 8.57. The molecule has 0 spiro atoms. The zero-order valence-corrected chi connectivity index (χ0v) is 14.1. The Morgan fingerprint density at radius 3 is 1.88 bits per heavy atom. The van der Waals surface area contributed by atoms with Crippen molar-refractivity contribution in [3.63, 3.8) is 0 Å². The molecule has 120 valence electrons. The van der Waals surface area contributed by atoms with Gasteiger partial charge in [0.15, 0.2) is 0 Å². The third-order valence-electron chi connectivity index (χ3n) is 3.64. The van der Waals surface area contributed by atoms with Gasteiger partial charge in [0, 0.05) is 0 Å². The lowest BCUT2D eigenvalue weighted by Crippen LogP contribution is -2.10. The summed E-state index contributed by atoms with van der Waals surface area (Å²) in [5.41, 5.74) is 4.36. The molecule has 0 unspecified atom stereocenters. The van der Waals surface area contributed by atoms with Gasteiger partial charge in [0.1, 0.15) is 18.7 Å². The molecular weight excluding hydrogens is 298 g/mol. The maximum absolute atomic E-state index is 8.57. The highest BCUT2D eigenvalue weighted by molar-refractivity contribution is 6.09. The Hall–Kier alpha value is -3.11. The minimum atomic E-state index is -0.287. The first-order chi connectivity index (χ1) is 11.4. The largest absolute Gasteiger partial charge is 0.389 e. The van der Waals surface area contributed by atoms with Gasteiger partial charge in [0.25, 0.3) is 5.71 Å². The Kier molecular flexibility index (Phi) is 5.35. The Labute approximate surface area is 142 Å². The molecule has 0 atom stereocenters. The van der Waals surface area contributed by atoms with Crippen LogP contribution < -0.4 is 0 Å². The highest BCUT2D eigenvalue weighted by Crippen LogP contribution is 2.26. The smallest absolute Gasteiger partial charge is 0.256 e. The van der Waals surface area contributed by atoms with Crippen LogP contribution in [0.1, 0.15) is 31.9 Å². The van der Waals surface area contributed by atoms with Crippen molar-refractivity contribution in [2.45, 2.75) is 32.8 Å². The van der Waals surface area contributed by atoms with Gasteiger partial charge in [0.2, 0.25) is 0 Å². The fraction of sp³-hybridized carbons (Fsp3) is 0.250. The van der Waals surface area contributed by atoms with Gasteiger partial charge >= 0.3 is 0 Å². The molecule has 0 saturated heterocycles. The molecule has 0 aromatic heterocycles. The van der Waals surface area contributed by atoms with Gasteiger partial charge in [0.05, 0.1) is 0 Å². The summed E-state index contributed by atoms with van der Waals surface area (Å²) < 4.78 is 0. The molecule has 0 aliphatic heterocycles. The van der Waals surface area contributed by atoms with Crippen LogP contribution in [0.5, 0.6) is 0 Å². The first-order valence-electron chi connectivity index (χ1n) is 7.64.